The van der Waals surface area contributed by atoms with E-state index in [9.17, 15) is 4.79 Å². The Morgan fingerprint density at radius 3 is 2.65 bits per heavy atom. The molecule has 0 aliphatic heterocycles. The van der Waals surface area contributed by atoms with Gasteiger partial charge in [-0.25, -0.2) is 0 Å². The monoisotopic (exact) mass is 274 g/mol. The quantitative estimate of drug-likeness (QED) is 0.909. The van der Waals surface area contributed by atoms with Gasteiger partial charge in [-0.15, -0.1) is 0 Å². The summed E-state index contributed by atoms with van der Waals surface area (Å²) in [5, 5.41) is 7.77. The average molecular weight is 274 g/mol. The minimum atomic E-state index is 0.0474. The lowest BCUT2D eigenvalue weighted by molar-refractivity contribution is 0.655. The molecule has 0 radical (unpaired) electrons. The second-order valence-electron chi connectivity index (χ2n) is 5.08. The number of rotatable bonds is 5. The van der Waals surface area contributed by atoms with Crippen molar-refractivity contribution in [2.24, 2.45) is 7.05 Å². The van der Waals surface area contributed by atoms with E-state index < -0.39 is 0 Å². The Morgan fingerprint density at radius 1 is 1.30 bits per heavy atom. The van der Waals surface area contributed by atoms with Crippen molar-refractivity contribution < 1.29 is 0 Å². The molecule has 0 fully saturated rings. The molecule has 0 spiro atoms. The van der Waals surface area contributed by atoms with Crippen LogP contribution in [0.3, 0.4) is 0 Å². The minimum absolute atomic E-state index is 0.0474. The zero-order valence-electron chi connectivity index (χ0n) is 12.6. The average Bonchev–Trinajstić information content (AvgIpc) is 2.65. The molecule has 0 aliphatic carbocycles. The number of nitrogens with one attached hydrogen (secondary N) is 1. The Kier molecular flexibility index (Phi) is 4.27. The summed E-state index contributed by atoms with van der Waals surface area (Å²) < 4.78 is 3.63. The van der Waals surface area contributed by atoms with Gasteiger partial charge in [0.1, 0.15) is 0 Å². The smallest absolute Gasteiger partial charge is 0.250 e. The first-order valence-corrected chi connectivity index (χ1v) is 6.96. The number of nitrogens with zero attached hydrogens (tertiary/aromatic N) is 3. The third-order valence-corrected chi connectivity index (χ3v) is 3.58. The first kappa shape index (κ1) is 14.4. The fourth-order valence-electron chi connectivity index (χ4n) is 2.32. The SMILES string of the molecule is CCCn1cc(NCc2c(C)nn(C)c2C)ccc1=O. The molecule has 0 saturated carbocycles. The zero-order valence-corrected chi connectivity index (χ0v) is 12.6. The van der Waals surface area contributed by atoms with Crippen molar-refractivity contribution in [3.8, 4) is 0 Å². The van der Waals surface area contributed by atoms with Crippen LogP contribution in [0.2, 0.25) is 0 Å². The maximum atomic E-state index is 11.7. The molecule has 0 amide bonds. The number of anilines is 1. The van der Waals surface area contributed by atoms with Gasteiger partial charge in [0.15, 0.2) is 0 Å². The van der Waals surface area contributed by atoms with Gasteiger partial charge in [0.05, 0.1) is 11.4 Å². The second kappa shape index (κ2) is 5.94. The van der Waals surface area contributed by atoms with Crippen molar-refractivity contribution in [3.05, 3.63) is 45.6 Å². The van der Waals surface area contributed by atoms with Crippen LogP contribution >= 0.6 is 0 Å². The summed E-state index contributed by atoms with van der Waals surface area (Å²) in [4.78, 5) is 11.7. The third-order valence-electron chi connectivity index (χ3n) is 3.58. The molecule has 20 heavy (non-hydrogen) atoms. The predicted molar refractivity (Wildman–Crippen MR) is 81.0 cm³/mol. The van der Waals surface area contributed by atoms with Crippen LogP contribution in [-0.2, 0) is 20.1 Å². The molecular formula is C15H22N4O. The van der Waals surface area contributed by atoms with Crippen LogP contribution in [0.5, 0.6) is 0 Å². The van der Waals surface area contributed by atoms with Crippen molar-refractivity contribution in [2.75, 3.05) is 5.32 Å². The molecule has 2 aromatic heterocycles. The van der Waals surface area contributed by atoms with E-state index in [2.05, 4.69) is 24.3 Å². The Morgan fingerprint density at radius 2 is 2.05 bits per heavy atom. The van der Waals surface area contributed by atoms with Gasteiger partial charge in [0.2, 0.25) is 0 Å². The molecule has 1 N–H and O–H groups in total. The van der Waals surface area contributed by atoms with Gasteiger partial charge in [-0.2, -0.15) is 5.10 Å². The largest absolute Gasteiger partial charge is 0.380 e. The molecule has 5 nitrogen and oxygen atoms in total. The summed E-state index contributed by atoms with van der Waals surface area (Å²) in [7, 11) is 1.95. The van der Waals surface area contributed by atoms with Gasteiger partial charge < -0.3 is 9.88 Å². The topological polar surface area (TPSA) is 51.9 Å². The van der Waals surface area contributed by atoms with Crippen molar-refractivity contribution in [3.63, 3.8) is 0 Å². The van der Waals surface area contributed by atoms with Gasteiger partial charge in [-0.3, -0.25) is 9.48 Å². The fraction of sp³-hybridized carbons (Fsp3) is 0.467. The Labute approximate surface area is 119 Å². The molecule has 0 bridgehead atoms. The van der Waals surface area contributed by atoms with E-state index in [0.717, 1.165) is 36.6 Å². The van der Waals surface area contributed by atoms with Crippen LogP contribution in [-0.4, -0.2) is 14.3 Å². The van der Waals surface area contributed by atoms with Crippen LogP contribution in [0.4, 0.5) is 5.69 Å². The molecule has 0 unspecified atom stereocenters. The van der Waals surface area contributed by atoms with E-state index in [1.807, 2.05) is 30.9 Å². The van der Waals surface area contributed by atoms with Gasteiger partial charge >= 0.3 is 0 Å². The Hall–Kier alpha value is -2.04. The first-order valence-electron chi connectivity index (χ1n) is 6.96. The highest BCUT2D eigenvalue weighted by Crippen LogP contribution is 2.14. The predicted octanol–water partition coefficient (Wildman–Crippen LogP) is 2.22. The van der Waals surface area contributed by atoms with E-state index in [4.69, 9.17) is 0 Å². The number of aryl methyl sites for hydroxylation is 3. The Balaban J connectivity index is 2.15. The van der Waals surface area contributed by atoms with E-state index in [-0.39, 0.29) is 5.56 Å². The summed E-state index contributed by atoms with van der Waals surface area (Å²) >= 11 is 0. The second-order valence-corrected chi connectivity index (χ2v) is 5.08. The maximum Gasteiger partial charge on any atom is 0.250 e. The molecule has 2 rings (SSSR count). The van der Waals surface area contributed by atoms with Crippen LogP contribution < -0.4 is 10.9 Å². The van der Waals surface area contributed by atoms with E-state index in [1.54, 1.807) is 10.6 Å². The van der Waals surface area contributed by atoms with E-state index in [0.29, 0.717) is 0 Å². The van der Waals surface area contributed by atoms with Gasteiger partial charge in [0, 0.05) is 43.7 Å². The highest BCUT2D eigenvalue weighted by Gasteiger charge is 2.08. The molecule has 5 heteroatoms. The summed E-state index contributed by atoms with van der Waals surface area (Å²) in [6.07, 6.45) is 2.83. The molecular weight excluding hydrogens is 252 g/mol. The van der Waals surface area contributed by atoms with Crippen molar-refractivity contribution in [1.29, 1.82) is 0 Å². The number of hydrogen-bond donors (Lipinski definition) is 1. The molecule has 108 valence electrons. The van der Waals surface area contributed by atoms with Crippen LogP contribution in [0.15, 0.2) is 23.1 Å². The highest BCUT2D eigenvalue weighted by atomic mass is 16.1. The van der Waals surface area contributed by atoms with Gasteiger partial charge in [-0.1, -0.05) is 6.92 Å². The van der Waals surface area contributed by atoms with Crippen molar-refractivity contribution >= 4 is 5.69 Å². The highest BCUT2D eigenvalue weighted by molar-refractivity contribution is 5.42. The number of aromatic nitrogens is 3. The molecule has 0 atom stereocenters. The number of pyridine rings is 1. The molecule has 2 heterocycles. The zero-order chi connectivity index (χ0) is 14.7. The van der Waals surface area contributed by atoms with Crippen LogP contribution in [0, 0.1) is 13.8 Å². The summed E-state index contributed by atoms with van der Waals surface area (Å²) in [6.45, 7) is 7.61. The van der Waals surface area contributed by atoms with Crippen molar-refractivity contribution in [1.82, 2.24) is 14.3 Å². The van der Waals surface area contributed by atoms with E-state index >= 15 is 0 Å². The van der Waals surface area contributed by atoms with Crippen LogP contribution in [0.1, 0.15) is 30.3 Å². The lowest BCUT2D eigenvalue weighted by Crippen LogP contribution is -2.18. The molecule has 0 saturated heterocycles. The third kappa shape index (κ3) is 2.92. The van der Waals surface area contributed by atoms with E-state index in [1.165, 1.54) is 5.56 Å². The van der Waals surface area contributed by atoms with Gasteiger partial charge in [0.25, 0.3) is 5.56 Å². The molecule has 0 aromatic carbocycles. The maximum absolute atomic E-state index is 11.7. The standard InChI is InChI=1S/C15H22N4O/c1-5-8-19-10-13(6-7-15(19)20)16-9-14-11(2)17-18(4)12(14)3/h6-7,10,16H,5,8-9H2,1-4H3. The molecule has 0 aliphatic rings. The normalized spacial score (nSPS) is 10.8. The summed E-state index contributed by atoms with van der Waals surface area (Å²) in [5.74, 6) is 0. The van der Waals surface area contributed by atoms with Gasteiger partial charge in [-0.05, 0) is 26.3 Å². The molecule has 2 aromatic rings. The van der Waals surface area contributed by atoms with Crippen molar-refractivity contribution in [2.45, 2.75) is 40.3 Å². The van der Waals surface area contributed by atoms with Crippen LogP contribution in [0.25, 0.3) is 0 Å². The fourth-order valence-corrected chi connectivity index (χ4v) is 2.32. The first-order chi connectivity index (χ1) is 9.52. The minimum Gasteiger partial charge on any atom is -0.380 e. The lowest BCUT2D eigenvalue weighted by Gasteiger charge is -2.10. The number of hydrogen-bond acceptors (Lipinski definition) is 3. The Bertz CT molecular complexity index is 654. The summed E-state index contributed by atoms with van der Waals surface area (Å²) in [5.41, 5.74) is 4.42. The summed E-state index contributed by atoms with van der Waals surface area (Å²) in [6, 6.07) is 3.44. The lowest BCUT2D eigenvalue weighted by atomic mass is 10.2.